The van der Waals surface area contributed by atoms with Gasteiger partial charge in [0.25, 0.3) is 0 Å². The van der Waals surface area contributed by atoms with Gasteiger partial charge in [-0.3, -0.25) is 4.79 Å². The molecule has 0 N–H and O–H groups in total. The molecule has 0 aromatic heterocycles. The lowest BCUT2D eigenvalue weighted by Crippen LogP contribution is -2.36. The molecular weight excluding hydrogens is 162 g/mol. The molecule has 0 fully saturated rings. The van der Waals surface area contributed by atoms with E-state index >= 15 is 0 Å². The van der Waals surface area contributed by atoms with Crippen molar-refractivity contribution >= 4 is 5.91 Å². The molecule has 1 aliphatic heterocycles. The van der Waals surface area contributed by atoms with Gasteiger partial charge in [-0.2, -0.15) is 0 Å². The highest BCUT2D eigenvalue weighted by Gasteiger charge is 2.19. The van der Waals surface area contributed by atoms with Gasteiger partial charge < -0.3 is 4.90 Å². The molecule has 0 radical (unpaired) electrons. The van der Waals surface area contributed by atoms with Crippen molar-refractivity contribution in [2.24, 2.45) is 5.92 Å². The summed E-state index contributed by atoms with van der Waals surface area (Å²) in [6, 6.07) is 0. The Morgan fingerprint density at radius 1 is 1.46 bits per heavy atom. The maximum absolute atomic E-state index is 11.2. The zero-order chi connectivity index (χ0) is 10.0. The fraction of sp³-hybridized carbons (Fsp3) is 0.727. The second-order valence-electron chi connectivity index (χ2n) is 4.15. The molecule has 0 spiro atoms. The highest BCUT2D eigenvalue weighted by molar-refractivity contribution is 5.73. The van der Waals surface area contributed by atoms with E-state index in [4.69, 9.17) is 0 Å². The SMILES string of the molecule is CC(=O)N1CCC(C)=C(C(C)C)C1. The number of nitrogens with zero attached hydrogens (tertiary/aromatic N) is 1. The van der Waals surface area contributed by atoms with Crippen molar-refractivity contribution in [1.82, 2.24) is 4.90 Å². The maximum Gasteiger partial charge on any atom is 0.219 e. The lowest BCUT2D eigenvalue weighted by molar-refractivity contribution is -0.128. The zero-order valence-corrected chi connectivity index (χ0v) is 9.05. The Hall–Kier alpha value is -0.790. The average Bonchev–Trinajstić information content (AvgIpc) is 2.04. The zero-order valence-electron chi connectivity index (χ0n) is 9.05. The second kappa shape index (κ2) is 3.95. The van der Waals surface area contributed by atoms with Gasteiger partial charge in [-0.05, 0) is 24.8 Å². The molecule has 1 amide bonds. The van der Waals surface area contributed by atoms with E-state index in [1.165, 1.54) is 11.1 Å². The summed E-state index contributed by atoms with van der Waals surface area (Å²) in [5, 5.41) is 0. The fourth-order valence-electron chi connectivity index (χ4n) is 1.83. The number of hydrogen-bond acceptors (Lipinski definition) is 1. The topological polar surface area (TPSA) is 20.3 Å². The van der Waals surface area contributed by atoms with Crippen molar-refractivity contribution in [1.29, 1.82) is 0 Å². The van der Waals surface area contributed by atoms with Crippen LogP contribution in [0.2, 0.25) is 0 Å². The van der Waals surface area contributed by atoms with E-state index in [2.05, 4.69) is 20.8 Å². The Morgan fingerprint density at radius 3 is 2.54 bits per heavy atom. The van der Waals surface area contributed by atoms with Gasteiger partial charge in [0.1, 0.15) is 0 Å². The largest absolute Gasteiger partial charge is 0.339 e. The first kappa shape index (κ1) is 10.3. The minimum absolute atomic E-state index is 0.200. The molecule has 2 nitrogen and oxygen atoms in total. The molecule has 1 rings (SSSR count). The van der Waals surface area contributed by atoms with Gasteiger partial charge >= 0.3 is 0 Å². The number of hydrogen-bond donors (Lipinski definition) is 0. The van der Waals surface area contributed by atoms with Gasteiger partial charge in [0.05, 0.1) is 0 Å². The van der Waals surface area contributed by atoms with Crippen molar-refractivity contribution in [3.8, 4) is 0 Å². The quantitative estimate of drug-likeness (QED) is 0.568. The molecule has 0 saturated heterocycles. The highest BCUT2D eigenvalue weighted by atomic mass is 16.2. The summed E-state index contributed by atoms with van der Waals surface area (Å²) in [4.78, 5) is 13.1. The average molecular weight is 181 g/mol. The van der Waals surface area contributed by atoms with E-state index in [1.54, 1.807) is 6.92 Å². The molecule has 0 aliphatic carbocycles. The van der Waals surface area contributed by atoms with Gasteiger partial charge in [-0.15, -0.1) is 0 Å². The Bertz CT molecular complexity index is 240. The summed E-state index contributed by atoms with van der Waals surface area (Å²) >= 11 is 0. The molecule has 0 aromatic rings. The Balaban J connectivity index is 2.76. The molecule has 0 atom stereocenters. The van der Waals surface area contributed by atoms with E-state index < -0.39 is 0 Å². The van der Waals surface area contributed by atoms with Crippen LogP contribution in [0.5, 0.6) is 0 Å². The summed E-state index contributed by atoms with van der Waals surface area (Å²) in [5.41, 5.74) is 2.92. The third kappa shape index (κ3) is 2.33. The Kier molecular flexibility index (Phi) is 3.12. The van der Waals surface area contributed by atoms with Crippen LogP contribution in [0.25, 0.3) is 0 Å². The summed E-state index contributed by atoms with van der Waals surface area (Å²) in [5.74, 6) is 0.771. The van der Waals surface area contributed by atoms with Crippen molar-refractivity contribution < 1.29 is 4.79 Å². The summed E-state index contributed by atoms with van der Waals surface area (Å²) in [6.07, 6.45) is 1.05. The smallest absolute Gasteiger partial charge is 0.219 e. The lowest BCUT2D eigenvalue weighted by atomic mass is 9.93. The predicted octanol–water partition coefficient (Wildman–Crippen LogP) is 2.21. The standard InChI is InChI=1S/C11H19NO/c1-8(2)11-7-12(10(4)13)6-5-9(11)3/h8H,5-7H2,1-4H3. The van der Waals surface area contributed by atoms with Crippen molar-refractivity contribution in [2.45, 2.75) is 34.1 Å². The van der Waals surface area contributed by atoms with Crippen LogP contribution in [-0.4, -0.2) is 23.9 Å². The molecule has 1 aliphatic rings. The Morgan fingerprint density at radius 2 is 2.08 bits per heavy atom. The highest BCUT2D eigenvalue weighted by Crippen LogP contribution is 2.23. The van der Waals surface area contributed by atoms with Crippen LogP contribution in [0.4, 0.5) is 0 Å². The van der Waals surface area contributed by atoms with E-state index in [9.17, 15) is 4.79 Å². The van der Waals surface area contributed by atoms with E-state index in [1.807, 2.05) is 4.90 Å². The van der Waals surface area contributed by atoms with Crippen molar-refractivity contribution in [2.75, 3.05) is 13.1 Å². The van der Waals surface area contributed by atoms with Crippen LogP contribution in [0.3, 0.4) is 0 Å². The van der Waals surface area contributed by atoms with Crippen LogP contribution in [0.1, 0.15) is 34.1 Å². The van der Waals surface area contributed by atoms with Crippen LogP contribution in [-0.2, 0) is 4.79 Å². The van der Waals surface area contributed by atoms with Crippen molar-refractivity contribution in [3.63, 3.8) is 0 Å². The van der Waals surface area contributed by atoms with Crippen LogP contribution in [0.15, 0.2) is 11.1 Å². The number of carbonyl (C=O) groups is 1. The Labute approximate surface area is 80.6 Å². The normalized spacial score (nSPS) is 18.4. The molecule has 0 unspecified atom stereocenters. The molecule has 0 aromatic carbocycles. The predicted molar refractivity (Wildman–Crippen MR) is 54.4 cm³/mol. The van der Waals surface area contributed by atoms with Crippen LogP contribution in [0, 0.1) is 5.92 Å². The van der Waals surface area contributed by atoms with Gasteiger partial charge in [0.2, 0.25) is 5.91 Å². The summed E-state index contributed by atoms with van der Waals surface area (Å²) in [6.45, 7) is 9.98. The first-order valence-corrected chi connectivity index (χ1v) is 4.96. The maximum atomic E-state index is 11.2. The van der Waals surface area contributed by atoms with Crippen LogP contribution < -0.4 is 0 Å². The van der Waals surface area contributed by atoms with Gasteiger partial charge in [-0.25, -0.2) is 0 Å². The summed E-state index contributed by atoms with van der Waals surface area (Å²) < 4.78 is 0. The molecule has 1 heterocycles. The number of amides is 1. The molecule has 13 heavy (non-hydrogen) atoms. The van der Waals surface area contributed by atoms with E-state index in [0.717, 1.165) is 19.5 Å². The van der Waals surface area contributed by atoms with Crippen LogP contribution >= 0.6 is 0 Å². The first-order chi connectivity index (χ1) is 6.02. The molecule has 74 valence electrons. The van der Waals surface area contributed by atoms with Gasteiger partial charge in [0, 0.05) is 20.0 Å². The fourth-order valence-corrected chi connectivity index (χ4v) is 1.83. The number of carbonyl (C=O) groups excluding carboxylic acids is 1. The molecular formula is C11H19NO. The second-order valence-corrected chi connectivity index (χ2v) is 4.15. The molecule has 0 saturated carbocycles. The first-order valence-electron chi connectivity index (χ1n) is 4.96. The van der Waals surface area contributed by atoms with E-state index in [-0.39, 0.29) is 5.91 Å². The summed E-state index contributed by atoms with van der Waals surface area (Å²) in [7, 11) is 0. The monoisotopic (exact) mass is 181 g/mol. The minimum Gasteiger partial charge on any atom is -0.339 e. The van der Waals surface area contributed by atoms with Gasteiger partial charge in [-0.1, -0.05) is 19.4 Å². The number of rotatable bonds is 1. The van der Waals surface area contributed by atoms with Gasteiger partial charge in [0.15, 0.2) is 0 Å². The molecule has 0 bridgehead atoms. The third-order valence-corrected chi connectivity index (χ3v) is 2.81. The molecule has 2 heteroatoms. The third-order valence-electron chi connectivity index (χ3n) is 2.81. The van der Waals surface area contributed by atoms with E-state index in [0.29, 0.717) is 5.92 Å². The minimum atomic E-state index is 0.200. The van der Waals surface area contributed by atoms with Crippen molar-refractivity contribution in [3.05, 3.63) is 11.1 Å². The lowest BCUT2D eigenvalue weighted by Gasteiger charge is -2.31.